The normalized spacial score (nSPS) is 10.3. The first-order chi connectivity index (χ1) is 13.1. The Hall–Kier alpha value is -3.55. The van der Waals surface area contributed by atoms with Crippen molar-refractivity contribution < 1.29 is 4.79 Å². The third kappa shape index (κ3) is 5.46. The van der Waals surface area contributed by atoms with Gasteiger partial charge in [0.05, 0.1) is 6.20 Å². The van der Waals surface area contributed by atoms with Crippen LogP contribution < -0.4 is 15.5 Å². The highest BCUT2D eigenvalue weighted by atomic mass is 16.1. The number of aromatic nitrogens is 4. The molecule has 0 unspecified atom stereocenters. The molecule has 0 aliphatic rings. The van der Waals surface area contributed by atoms with E-state index >= 15 is 0 Å². The largest absolute Gasteiger partial charge is 0.342 e. The zero-order chi connectivity index (χ0) is 19.1. The van der Waals surface area contributed by atoms with Crippen molar-refractivity contribution >= 4 is 29.0 Å². The van der Waals surface area contributed by atoms with Crippen LogP contribution in [0.25, 0.3) is 0 Å². The van der Waals surface area contributed by atoms with Crippen LogP contribution >= 0.6 is 0 Å². The van der Waals surface area contributed by atoms with Crippen LogP contribution in [0.5, 0.6) is 0 Å². The van der Waals surface area contributed by atoms with Crippen molar-refractivity contribution in [2.75, 3.05) is 29.1 Å². The van der Waals surface area contributed by atoms with Crippen LogP contribution in [0.1, 0.15) is 12.5 Å². The summed E-state index contributed by atoms with van der Waals surface area (Å²) in [6, 6.07) is 11.4. The Labute approximate surface area is 157 Å². The van der Waals surface area contributed by atoms with E-state index in [0.717, 1.165) is 18.7 Å². The SMILES string of the molecule is CC(=O)Nc1cccc(Nc2cnnc(N(C)CCc3ccncc3)n2)c1. The fourth-order valence-electron chi connectivity index (χ4n) is 2.49. The molecule has 2 N–H and O–H groups in total. The molecule has 1 aromatic carbocycles. The number of nitrogens with one attached hydrogen (secondary N) is 2. The molecule has 0 spiro atoms. The number of carbonyl (C=O) groups excluding carboxylic acids is 1. The Morgan fingerprint density at radius 1 is 1.15 bits per heavy atom. The first-order valence-electron chi connectivity index (χ1n) is 8.54. The van der Waals surface area contributed by atoms with Crippen LogP contribution in [0.4, 0.5) is 23.1 Å². The summed E-state index contributed by atoms with van der Waals surface area (Å²) >= 11 is 0. The zero-order valence-corrected chi connectivity index (χ0v) is 15.3. The molecular formula is C19H21N7O. The number of nitrogens with zero attached hydrogens (tertiary/aromatic N) is 5. The molecule has 27 heavy (non-hydrogen) atoms. The lowest BCUT2D eigenvalue weighted by atomic mass is 10.2. The Bertz CT molecular complexity index is 901. The summed E-state index contributed by atoms with van der Waals surface area (Å²) in [6.45, 7) is 2.23. The van der Waals surface area contributed by atoms with E-state index < -0.39 is 0 Å². The maximum atomic E-state index is 11.2. The van der Waals surface area contributed by atoms with Gasteiger partial charge >= 0.3 is 0 Å². The summed E-state index contributed by atoms with van der Waals surface area (Å²) in [4.78, 5) is 21.7. The van der Waals surface area contributed by atoms with Crippen molar-refractivity contribution in [3.63, 3.8) is 0 Å². The molecule has 0 saturated carbocycles. The minimum absolute atomic E-state index is 0.117. The molecule has 0 radical (unpaired) electrons. The van der Waals surface area contributed by atoms with E-state index in [2.05, 4.69) is 30.8 Å². The molecule has 0 bridgehead atoms. The van der Waals surface area contributed by atoms with Crippen LogP contribution in [-0.2, 0) is 11.2 Å². The van der Waals surface area contributed by atoms with Gasteiger partial charge in [0.25, 0.3) is 0 Å². The first kappa shape index (κ1) is 18.2. The second-order valence-electron chi connectivity index (χ2n) is 6.06. The zero-order valence-electron chi connectivity index (χ0n) is 15.3. The standard InChI is InChI=1S/C19H21N7O/c1-14(27)22-16-4-3-5-17(12-16)23-18-13-21-25-19(24-18)26(2)11-8-15-6-9-20-10-7-15/h3-7,9-10,12-13H,8,11H2,1-2H3,(H,22,27)(H,23,24,25). The summed E-state index contributed by atoms with van der Waals surface area (Å²) in [5, 5.41) is 14.1. The van der Waals surface area contributed by atoms with E-state index in [-0.39, 0.29) is 5.91 Å². The number of carbonyl (C=O) groups is 1. The van der Waals surface area contributed by atoms with Crippen LogP contribution in [0.3, 0.4) is 0 Å². The maximum absolute atomic E-state index is 11.2. The average Bonchev–Trinajstić information content (AvgIpc) is 2.67. The molecule has 0 aliphatic carbocycles. The summed E-state index contributed by atoms with van der Waals surface area (Å²) in [7, 11) is 1.93. The highest BCUT2D eigenvalue weighted by Gasteiger charge is 2.07. The molecule has 8 heteroatoms. The van der Waals surface area contributed by atoms with Gasteiger partial charge in [-0.1, -0.05) is 6.07 Å². The molecule has 3 aromatic rings. The second kappa shape index (κ2) is 8.70. The predicted octanol–water partition coefficient (Wildman–Crippen LogP) is 2.65. The molecule has 1 amide bonds. The fourth-order valence-corrected chi connectivity index (χ4v) is 2.49. The number of hydrogen-bond acceptors (Lipinski definition) is 7. The third-order valence-corrected chi connectivity index (χ3v) is 3.83. The van der Waals surface area contributed by atoms with Crippen molar-refractivity contribution in [3.05, 3.63) is 60.6 Å². The highest BCUT2D eigenvalue weighted by Crippen LogP contribution is 2.19. The van der Waals surface area contributed by atoms with Crippen LogP contribution in [0.15, 0.2) is 55.0 Å². The summed E-state index contributed by atoms with van der Waals surface area (Å²) in [5.41, 5.74) is 2.71. The third-order valence-electron chi connectivity index (χ3n) is 3.83. The minimum Gasteiger partial charge on any atom is -0.342 e. The van der Waals surface area contributed by atoms with E-state index in [4.69, 9.17) is 0 Å². The Morgan fingerprint density at radius 3 is 2.70 bits per heavy atom. The molecule has 8 nitrogen and oxygen atoms in total. The minimum atomic E-state index is -0.117. The number of hydrogen-bond donors (Lipinski definition) is 2. The first-order valence-corrected chi connectivity index (χ1v) is 8.54. The van der Waals surface area contributed by atoms with Gasteiger partial charge in [-0.05, 0) is 42.3 Å². The molecule has 2 heterocycles. The Morgan fingerprint density at radius 2 is 1.93 bits per heavy atom. The number of likely N-dealkylation sites (N-methyl/N-ethyl adjacent to an activating group) is 1. The van der Waals surface area contributed by atoms with Crippen LogP contribution in [-0.4, -0.2) is 39.7 Å². The van der Waals surface area contributed by atoms with Gasteiger partial charge in [-0.3, -0.25) is 9.78 Å². The average molecular weight is 363 g/mol. The Balaban J connectivity index is 1.65. The van der Waals surface area contributed by atoms with Gasteiger partial charge in [0.15, 0.2) is 5.82 Å². The van der Waals surface area contributed by atoms with E-state index in [0.29, 0.717) is 17.5 Å². The quantitative estimate of drug-likeness (QED) is 0.666. The smallest absolute Gasteiger partial charge is 0.247 e. The molecule has 138 valence electrons. The molecular weight excluding hydrogens is 342 g/mol. The summed E-state index contributed by atoms with van der Waals surface area (Å²) in [5.74, 6) is 0.997. The van der Waals surface area contributed by atoms with E-state index in [1.54, 1.807) is 18.6 Å². The molecule has 0 fully saturated rings. The van der Waals surface area contributed by atoms with E-state index in [9.17, 15) is 4.79 Å². The lowest BCUT2D eigenvalue weighted by molar-refractivity contribution is -0.114. The lowest BCUT2D eigenvalue weighted by Crippen LogP contribution is -2.23. The number of pyridine rings is 1. The number of benzene rings is 1. The van der Waals surface area contributed by atoms with E-state index in [1.165, 1.54) is 12.5 Å². The van der Waals surface area contributed by atoms with Crippen molar-refractivity contribution in [1.29, 1.82) is 0 Å². The molecule has 0 atom stereocenters. The van der Waals surface area contributed by atoms with Crippen molar-refractivity contribution in [1.82, 2.24) is 20.2 Å². The van der Waals surface area contributed by atoms with Crippen molar-refractivity contribution in [2.24, 2.45) is 0 Å². The maximum Gasteiger partial charge on any atom is 0.247 e. The molecule has 0 aliphatic heterocycles. The number of amides is 1. The summed E-state index contributed by atoms with van der Waals surface area (Å²) in [6.07, 6.45) is 5.99. The van der Waals surface area contributed by atoms with Gasteiger partial charge in [-0.15, -0.1) is 5.10 Å². The number of anilines is 4. The highest BCUT2D eigenvalue weighted by molar-refractivity contribution is 5.89. The lowest BCUT2D eigenvalue weighted by Gasteiger charge is -2.17. The van der Waals surface area contributed by atoms with Crippen molar-refractivity contribution in [2.45, 2.75) is 13.3 Å². The van der Waals surface area contributed by atoms with Gasteiger partial charge < -0.3 is 15.5 Å². The van der Waals surface area contributed by atoms with Gasteiger partial charge in [-0.25, -0.2) is 0 Å². The predicted molar refractivity (Wildman–Crippen MR) is 105 cm³/mol. The molecule has 3 rings (SSSR count). The van der Waals surface area contributed by atoms with Crippen molar-refractivity contribution in [3.8, 4) is 0 Å². The van der Waals surface area contributed by atoms with Crippen LogP contribution in [0, 0.1) is 0 Å². The van der Waals surface area contributed by atoms with E-state index in [1.807, 2.05) is 48.3 Å². The fraction of sp³-hybridized carbons (Fsp3) is 0.211. The van der Waals surface area contributed by atoms with Crippen LogP contribution in [0.2, 0.25) is 0 Å². The van der Waals surface area contributed by atoms with Gasteiger partial charge in [0.1, 0.15) is 0 Å². The van der Waals surface area contributed by atoms with Gasteiger partial charge in [0, 0.05) is 44.3 Å². The monoisotopic (exact) mass is 363 g/mol. The second-order valence-corrected chi connectivity index (χ2v) is 6.06. The molecule has 0 saturated heterocycles. The van der Waals surface area contributed by atoms with Gasteiger partial charge in [-0.2, -0.15) is 10.1 Å². The number of rotatable bonds is 7. The topological polar surface area (TPSA) is 95.9 Å². The summed E-state index contributed by atoms with van der Waals surface area (Å²) < 4.78 is 0. The Kier molecular flexibility index (Phi) is 5.88. The van der Waals surface area contributed by atoms with Gasteiger partial charge in [0.2, 0.25) is 11.9 Å². The molecule has 2 aromatic heterocycles.